The molecule has 2 heteroatoms. The highest BCUT2D eigenvalue weighted by Gasteiger charge is 2.02. The minimum Gasteiger partial charge on any atom is -0.461 e. The lowest BCUT2D eigenvalue weighted by molar-refractivity contribution is -0.143. The van der Waals surface area contributed by atoms with Crippen molar-refractivity contribution < 1.29 is 9.53 Å². The van der Waals surface area contributed by atoms with Gasteiger partial charge in [0.15, 0.2) is 0 Å². The van der Waals surface area contributed by atoms with Crippen LogP contribution in [-0.4, -0.2) is 5.97 Å². The Morgan fingerprint density at radius 2 is 2.00 bits per heavy atom. The second-order valence-electron chi connectivity index (χ2n) is 4.05. The van der Waals surface area contributed by atoms with Crippen LogP contribution in [0.2, 0.25) is 0 Å². The second-order valence-corrected chi connectivity index (χ2v) is 4.05. The molecular weight excluding hydrogens is 200 g/mol. The predicted molar refractivity (Wildman–Crippen MR) is 65.1 cm³/mol. The standard InChI is InChI=1S/C14H18O2/c1-4-5-14(15)16-10-12-6-8-13(9-7-12)11(2)3/h4,6-9,11H,1,5,10H2,2-3H3. The second kappa shape index (κ2) is 6.11. The maximum Gasteiger partial charge on any atom is 0.309 e. The van der Waals surface area contributed by atoms with Crippen molar-refractivity contribution in [1.82, 2.24) is 0 Å². The highest BCUT2D eigenvalue weighted by atomic mass is 16.5. The zero-order valence-electron chi connectivity index (χ0n) is 9.90. The molecule has 86 valence electrons. The molecule has 0 unspecified atom stereocenters. The van der Waals surface area contributed by atoms with E-state index in [2.05, 4.69) is 32.6 Å². The molecule has 0 amide bonds. The lowest BCUT2D eigenvalue weighted by Gasteiger charge is -2.07. The number of esters is 1. The van der Waals surface area contributed by atoms with E-state index >= 15 is 0 Å². The fraction of sp³-hybridized carbons (Fsp3) is 0.357. The molecular formula is C14H18O2. The number of rotatable bonds is 5. The Bertz CT molecular complexity index is 350. The normalized spacial score (nSPS) is 10.2. The van der Waals surface area contributed by atoms with Crippen molar-refractivity contribution in [3.63, 3.8) is 0 Å². The van der Waals surface area contributed by atoms with E-state index in [1.165, 1.54) is 5.56 Å². The third-order valence-electron chi connectivity index (χ3n) is 2.36. The van der Waals surface area contributed by atoms with Crippen molar-refractivity contribution in [3.05, 3.63) is 48.0 Å². The summed E-state index contributed by atoms with van der Waals surface area (Å²) in [7, 11) is 0. The molecule has 1 aromatic carbocycles. The number of hydrogen-bond donors (Lipinski definition) is 0. The Morgan fingerprint density at radius 1 is 1.38 bits per heavy atom. The summed E-state index contributed by atoms with van der Waals surface area (Å²) in [6, 6.07) is 8.13. The average molecular weight is 218 g/mol. The van der Waals surface area contributed by atoms with Crippen LogP contribution in [0.25, 0.3) is 0 Å². The van der Waals surface area contributed by atoms with Crippen LogP contribution in [0, 0.1) is 0 Å². The number of hydrogen-bond acceptors (Lipinski definition) is 2. The zero-order valence-corrected chi connectivity index (χ0v) is 9.90. The van der Waals surface area contributed by atoms with Gasteiger partial charge in [-0.05, 0) is 17.0 Å². The molecule has 0 spiro atoms. The van der Waals surface area contributed by atoms with Gasteiger partial charge in [0.2, 0.25) is 0 Å². The lowest BCUT2D eigenvalue weighted by atomic mass is 10.0. The molecule has 1 aromatic rings. The molecule has 1 rings (SSSR count). The van der Waals surface area contributed by atoms with E-state index in [1.807, 2.05) is 12.1 Å². The summed E-state index contributed by atoms with van der Waals surface area (Å²) in [5.74, 6) is 0.292. The van der Waals surface area contributed by atoms with E-state index in [4.69, 9.17) is 4.74 Å². The minimum atomic E-state index is -0.233. The molecule has 0 aliphatic carbocycles. The monoisotopic (exact) mass is 218 g/mol. The highest BCUT2D eigenvalue weighted by Crippen LogP contribution is 2.15. The molecule has 0 radical (unpaired) electrons. The Kier molecular flexibility index (Phi) is 4.77. The third kappa shape index (κ3) is 3.89. The minimum absolute atomic E-state index is 0.233. The van der Waals surface area contributed by atoms with Gasteiger partial charge in [0, 0.05) is 0 Å². The Labute approximate surface area is 96.9 Å². The van der Waals surface area contributed by atoms with Gasteiger partial charge in [-0.25, -0.2) is 0 Å². The van der Waals surface area contributed by atoms with E-state index in [0.717, 1.165) is 5.56 Å². The smallest absolute Gasteiger partial charge is 0.309 e. The molecule has 0 aliphatic heterocycles. The summed E-state index contributed by atoms with van der Waals surface area (Å²) in [5.41, 5.74) is 2.31. The molecule has 0 saturated heterocycles. The Morgan fingerprint density at radius 3 is 2.50 bits per heavy atom. The average Bonchev–Trinajstić information content (AvgIpc) is 2.27. The predicted octanol–water partition coefficient (Wildman–Crippen LogP) is 3.43. The third-order valence-corrected chi connectivity index (χ3v) is 2.36. The fourth-order valence-corrected chi connectivity index (χ4v) is 1.34. The van der Waals surface area contributed by atoms with Gasteiger partial charge >= 0.3 is 5.97 Å². The lowest BCUT2D eigenvalue weighted by Crippen LogP contribution is -2.02. The Balaban J connectivity index is 2.49. The van der Waals surface area contributed by atoms with Gasteiger partial charge in [-0.15, -0.1) is 6.58 Å². The van der Waals surface area contributed by atoms with Crippen LogP contribution in [-0.2, 0) is 16.1 Å². The van der Waals surface area contributed by atoms with E-state index in [9.17, 15) is 4.79 Å². The summed E-state index contributed by atoms with van der Waals surface area (Å²) in [5, 5.41) is 0. The first kappa shape index (κ1) is 12.5. The summed E-state index contributed by atoms with van der Waals surface area (Å²) in [6.07, 6.45) is 1.81. The zero-order chi connectivity index (χ0) is 12.0. The van der Waals surface area contributed by atoms with Gasteiger partial charge in [-0.2, -0.15) is 0 Å². The van der Waals surface area contributed by atoms with Crippen LogP contribution in [0.4, 0.5) is 0 Å². The van der Waals surface area contributed by atoms with Crippen molar-refractivity contribution in [3.8, 4) is 0 Å². The molecule has 0 atom stereocenters. The van der Waals surface area contributed by atoms with E-state index < -0.39 is 0 Å². The maximum atomic E-state index is 11.1. The van der Waals surface area contributed by atoms with Gasteiger partial charge in [0.05, 0.1) is 6.42 Å². The van der Waals surface area contributed by atoms with Crippen LogP contribution in [0.1, 0.15) is 37.3 Å². The largest absolute Gasteiger partial charge is 0.461 e. The molecule has 0 aliphatic rings. The van der Waals surface area contributed by atoms with E-state index in [1.54, 1.807) is 6.08 Å². The Hall–Kier alpha value is -1.57. The molecule has 0 heterocycles. The topological polar surface area (TPSA) is 26.3 Å². The van der Waals surface area contributed by atoms with Crippen molar-refractivity contribution in [2.75, 3.05) is 0 Å². The SMILES string of the molecule is C=CCC(=O)OCc1ccc(C(C)C)cc1. The van der Waals surface area contributed by atoms with Crippen LogP contribution >= 0.6 is 0 Å². The summed E-state index contributed by atoms with van der Waals surface area (Å²) in [6.45, 7) is 8.13. The number of carbonyl (C=O) groups excluding carboxylic acids is 1. The number of ether oxygens (including phenoxy) is 1. The van der Waals surface area contributed by atoms with Gasteiger partial charge in [0.1, 0.15) is 6.61 Å². The molecule has 0 bridgehead atoms. The van der Waals surface area contributed by atoms with Gasteiger partial charge in [-0.1, -0.05) is 44.2 Å². The number of benzene rings is 1. The van der Waals surface area contributed by atoms with Gasteiger partial charge in [0.25, 0.3) is 0 Å². The molecule has 2 nitrogen and oxygen atoms in total. The quantitative estimate of drug-likeness (QED) is 0.559. The first-order valence-corrected chi connectivity index (χ1v) is 5.49. The van der Waals surface area contributed by atoms with Crippen molar-refractivity contribution in [1.29, 1.82) is 0 Å². The van der Waals surface area contributed by atoms with Crippen molar-refractivity contribution >= 4 is 5.97 Å². The molecule has 0 aromatic heterocycles. The van der Waals surface area contributed by atoms with Crippen LogP contribution < -0.4 is 0 Å². The summed E-state index contributed by atoms with van der Waals surface area (Å²) >= 11 is 0. The molecule has 0 saturated carbocycles. The van der Waals surface area contributed by atoms with Crippen LogP contribution in [0.15, 0.2) is 36.9 Å². The first-order valence-electron chi connectivity index (χ1n) is 5.49. The summed E-state index contributed by atoms with van der Waals surface area (Å²) in [4.78, 5) is 11.1. The van der Waals surface area contributed by atoms with E-state index in [0.29, 0.717) is 12.5 Å². The highest BCUT2D eigenvalue weighted by molar-refractivity contribution is 5.70. The molecule has 0 N–H and O–H groups in total. The van der Waals surface area contributed by atoms with Crippen LogP contribution in [0.3, 0.4) is 0 Å². The first-order chi connectivity index (χ1) is 7.63. The molecule has 0 fully saturated rings. The van der Waals surface area contributed by atoms with Crippen molar-refractivity contribution in [2.24, 2.45) is 0 Å². The van der Waals surface area contributed by atoms with E-state index in [-0.39, 0.29) is 12.4 Å². The van der Waals surface area contributed by atoms with Crippen molar-refractivity contribution in [2.45, 2.75) is 32.8 Å². The number of carbonyl (C=O) groups is 1. The molecule has 16 heavy (non-hydrogen) atoms. The van der Waals surface area contributed by atoms with Gasteiger partial charge in [-0.3, -0.25) is 4.79 Å². The van der Waals surface area contributed by atoms with Crippen LogP contribution in [0.5, 0.6) is 0 Å². The maximum absolute atomic E-state index is 11.1. The summed E-state index contributed by atoms with van der Waals surface area (Å²) < 4.78 is 5.06. The fourth-order valence-electron chi connectivity index (χ4n) is 1.34. The van der Waals surface area contributed by atoms with Gasteiger partial charge < -0.3 is 4.74 Å².